The molecule has 5 nitrogen and oxygen atoms in total. The Kier molecular flexibility index (Phi) is 4.22. The number of nitro benzene ring substituents is 1. The van der Waals surface area contributed by atoms with Crippen LogP contribution in [-0.4, -0.2) is 11.2 Å². The fourth-order valence-electron chi connectivity index (χ4n) is 1.77. The summed E-state index contributed by atoms with van der Waals surface area (Å²) in [6.45, 7) is -0.435. The number of hydrogen-bond acceptors (Lipinski definition) is 4. The van der Waals surface area contributed by atoms with Gasteiger partial charge in [0.05, 0.1) is 16.1 Å². The van der Waals surface area contributed by atoms with Crippen molar-refractivity contribution in [3.8, 4) is 5.75 Å². The maximum absolute atomic E-state index is 13.6. The SMILES string of the molecule is O=Cc1cccc(F)c1OCc1cc(F)ccc1[N+](=O)[O-]. The van der Waals surface area contributed by atoms with Gasteiger partial charge in [-0.25, -0.2) is 8.78 Å². The smallest absolute Gasteiger partial charge is 0.276 e. The summed E-state index contributed by atoms with van der Waals surface area (Å²) >= 11 is 0. The first kappa shape index (κ1) is 14.6. The van der Waals surface area contributed by atoms with Crippen LogP contribution in [0.15, 0.2) is 36.4 Å². The second-order valence-corrected chi connectivity index (χ2v) is 4.09. The summed E-state index contributed by atoms with van der Waals surface area (Å²) in [4.78, 5) is 20.9. The van der Waals surface area contributed by atoms with Gasteiger partial charge in [-0.1, -0.05) is 6.07 Å². The van der Waals surface area contributed by atoms with Crippen LogP contribution in [0.4, 0.5) is 14.5 Å². The quantitative estimate of drug-likeness (QED) is 0.482. The molecule has 0 aromatic heterocycles. The number of carbonyl (C=O) groups excluding carboxylic acids is 1. The molecule has 0 atom stereocenters. The minimum atomic E-state index is -0.779. The Morgan fingerprint density at radius 3 is 2.67 bits per heavy atom. The normalized spacial score (nSPS) is 10.2. The molecule has 0 N–H and O–H groups in total. The molecule has 7 heteroatoms. The lowest BCUT2D eigenvalue weighted by Crippen LogP contribution is -2.04. The summed E-state index contributed by atoms with van der Waals surface area (Å²) in [6.07, 6.45) is 0.401. The Balaban J connectivity index is 2.31. The van der Waals surface area contributed by atoms with Crippen molar-refractivity contribution in [3.63, 3.8) is 0 Å². The largest absolute Gasteiger partial charge is 0.485 e. The van der Waals surface area contributed by atoms with Gasteiger partial charge in [-0.3, -0.25) is 14.9 Å². The van der Waals surface area contributed by atoms with Gasteiger partial charge in [0.25, 0.3) is 5.69 Å². The molecule has 108 valence electrons. The monoisotopic (exact) mass is 293 g/mol. The lowest BCUT2D eigenvalue weighted by Gasteiger charge is -2.09. The zero-order valence-corrected chi connectivity index (χ0v) is 10.6. The number of carbonyl (C=O) groups is 1. The summed E-state index contributed by atoms with van der Waals surface area (Å²) in [5.41, 5.74) is -0.436. The molecule has 0 amide bonds. The molecule has 0 aliphatic rings. The van der Waals surface area contributed by atoms with Gasteiger partial charge in [-0.05, 0) is 24.3 Å². The predicted octanol–water partition coefficient (Wildman–Crippen LogP) is 3.26. The Labute approximate surface area is 117 Å². The average molecular weight is 293 g/mol. The van der Waals surface area contributed by atoms with Crippen molar-refractivity contribution in [3.05, 3.63) is 69.3 Å². The molecule has 0 unspecified atom stereocenters. The number of nitrogens with zero attached hydrogens (tertiary/aromatic N) is 1. The lowest BCUT2D eigenvalue weighted by molar-refractivity contribution is -0.385. The highest BCUT2D eigenvalue weighted by Gasteiger charge is 2.17. The first-order valence-corrected chi connectivity index (χ1v) is 5.82. The molecule has 0 heterocycles. The zero-order valence-electron chi connectivity index (χ0n) is 10.6. The summed E-state index contributed by atoms with van der Waals surface area (Å²) in [5.74, 6) is -1.78. The third-order valence-electron chi connectivity index (χ3n) is 2.73. The fraction of sp³-hybridized carbons (Fsp3) is 0.0714. The van der Waals surface area contributed by atoms with Crippen LogP contribution in [0.5, 0.6) is 5.75 Å². The van der Waals surface area contributed by atoms with E-state index in [0.29, 0.717) is 6.29 Å². The average Bonchev–Trinajstić information content (AvgIpc) is 2.45. The van der Waals surface area contributed by atoms with E-state index in [1.165, 1.54) is 12.1 Å². The van der Waals surface area contributed by atoms with E-state index in [1.54, 1.807) is 0 Å². The van der Waals surface area contributed by atoms with E-state index in [9.17, 15) is 23.7 Å². The van der Waals surface area contributed by atoms with Crippen LogP contribution in [-0.2, 0) is 6.61 Å². The van der Waals surface area contributed by atoms with E-state index in [0.717, 1.165) is 24.3 Å². The van der Waals surface area contributed by atoms with Gasteiger partial charge in [0.2, 0.25) is 0 Å². The number of aldehydes is 1. The van der Waals surface area contributed by atoms with Gasteiger partial charge in [-0.2, -0.15) is 0 Å². The highest BCUT2D eigenvalue weighted by Crippen LogP contribution is 2.25. The molecule has 0 spiro atoms. The summed E-state index contributed by atoms with van der Waals surface area (Å²) in [5, 5.41) is 10.8. The third kappa shape index (κ3) is 3.19. The number of hydrogen-bond donors (Lipinski definition) is 0. The topological polar surface area (TPSA) is 69.4 Å². The van der Waals surface area contributed by atoms with Crippen molar-refractivity contribution < 1.29 is 23.2 Å². The standard InChI is InChI=1S/C14H9F2NO4/c15-11-4-5-13(17(19)20)10(6-11)8-21-14-9(7-18)2-1-3-12(14)16/h1-7H,8H2. The minimum Gasteiger partial charge on any atom is -0.485 e. The Hall–Kier alpha value is -2.83. The number of nitro groups is 1. The van der Waals surface area contributed by atoms with Crippen molar-refractivity contribution in [2.75, 3.05) is 0 Å². The first-order chi connectivity index (χ1) is 10.0. The zero-order chi connectivity index (χ0) is 15.4. The van der Waals surface area contributed by atoms with Crippen molar-refractivity contribution >= 4 is 12.0 Å². The van der Waals surface area contributed by atoms with Crippen molar-refractivity contribution in [1.29, 1.82) is 0 Å². The molecule has 2 rings (SSSR count). The number of para-hydroxylation sites is 1. The van der Waals surface area contributed by atoms with Crippen LogP contribution in [0.2, 0.25) is 0 Å². The molecule has 0 radical (unpaired) electrons. The van der Waals surface area contributed by atoms with Crippen LogP contribution in [0.25, 0.3) is 0 Å². The minimum absolute atomic E-state index is 0.0333. The lowest BCUT2D eigenvalue weighted by atomic mass is 10.2. The summed E-state index contributed by atoms with van der Waals surface area (Å²) in [7, 11) is 0. The number of halogens is 2. The highest BCUT2D eigenvalue weighted by molar-refractivity contribution is 5.79. The molecular weight excluding hydrogens is 284 g/mol. The predicted molar refractivity (Wildman–Crippen MR) is 69.2 cm³/mol. The molecule has 0 saturated carbocycles. The third-order valence-corrected chi connectivity index (χ3v) is 2.73. The number of rotatable bonds is 5. The van der Waals surface area contributed by atoms with Crippen LogP contribution in [0.1, 0.15) is 15.9 Å². The molecule has 0 aliphatic heterocycles. The van der Waals surface area contributed by atoms with E-state index in [2.05, 4.69) is 0 Å². The molecular formula is C14H9F2NO4. The molecule has 0 bridgehead atoms. The van der Waals surface area contributed by atoms with Gasteiger partial charge >= 0.3 is 0 Å². The van der Waals surface area contributed by atoms with E-state index in [1.807, 2.05) is 0 Å². The second kappa shape index (κ2) is 6.08. The number of ether oxygens (including phenoxy) is 1. The van der Waals surface area contributed by atoms with Crippen LogP contribution >= 0.6 is 0 Å². The Bertz CT molecular complexity index is 703. The molecule has 0 saturated heterocycles. The van der Waals surface area contributed by atoms with E-state index >= 15 is 0 Å². The molecule has 2 aromatic carbocycles. The van der Waals surface area contributed by atoms with Gasteiger partial charge in [0.15, 0.2) is 17.9 Å². The second-order valence-electron chi connectivity index (χ2n) is 4.09. The van der Waals surface area contributed by atoms with Gasteiger partial charge in [0, 0.05) is 6.07 Å². The van der Waals surface area contributed by atoms with E-state index in [-0.39, 0.29) is 22.6 Å². The summed E-state index contributed by atoms with van der Waals surface area (Å²) < 4.78 is 31.9. The van der Waals surface area contributed by atoms with E-state index in [4.69, 9.17) is 4.74 Å². The van der Waals surface area contributed by atoms with Crippen LogP contribution in [0.3, 0.4) is 0 Å². The van der Waals surface area contributed by atoms with Crippen LogP contribution < -0.4 is 4.74 Å². The Morgan fingerprint density at radius 1 is 1.24 bits per heavy atom. The van der Waals surface area contributed by atoms with Gasteiger partial charge < -0.3 is 4.74 Å². The van der Waals surface area contributed by atoms with Crippen molar-refractivity contribution in [1.82, 2.24) is 0 Å². The first-order valence-electron chi connectivity index (χ1n) is 5.82. The van der Waals surface area contributed by atoms with Crippen molar-refractivity contribution in [2.24, 2.45) is 0 Å². The maximum atomic E-state index is 13.6. The Morgan fingerprint density at radius 2 is 2.00 bits per heavy atom. The number of benzene rings is 2. The van der Waals surface area contributed by atoms with Crippen LogP contribution in [0, 0.1) is 21.7 Å². The molecule has 2 aromatic rings. The van der Waals surface area contributed by atoms with Gasteiger partial charge in [-0.15, -0.1) is 0 Å². The fourth-order valence-corrected chi connectivity index (χ4v) is 1.77. The summed E-state index contributed by atoms with van der Waals surface area (Å²) in [6, 6.07) is 6.63. The maximum Gasteiger partial charge on any atom is 0.276 e. The molecule has 21 heavy (non-hydrogen) atoms. The highest BCUT2D eigenvalue weighted by atomic mass is 19.1. The van der Waals surface area contributed by atoms with E-state index < -0.39 is 23.2 Å². The van der Waals surface area contributed by atoms with Gasteiger partial charge in [0.1, 0.15) is 12.4 Å². The molecule has 0 aliphatic carbocycles. The van der Waals surface area contributed by atoms with Crippen molar-refractivity contribution in [2.45, 2.75) is 6.61 Å². The molecule has 0 fully saturated rings.